The van der Waals surface area contributed by atoms with E-state index in [0.29, 0.717) is 18.8 Å². The van der Waals surface area contributed by atoms with Gasteiger partial charge in [-0.15, -0.1) is 0 Å². The standard InChI is InChI=1S/C18H22N6O/c1-12(2)16(18(25)19-9-7-13-8-10-22-24-13)23-17-14-5-3-4-6-15(14)20-11-21-17/h3-6,8,10-12,16H,7,9H2,1-2H3,(H,19,25)(H,22,24)(H,20,21,23). The lowest BCUT2D eigenvalue weighted by Crippen LogP contribution is -2.43. The van der Waals surface area contributed by atoms with Crippen molar-refractivity contribution in [3.05, 3.63) is 48.5 Å². The normalized spacial score (nSPS) is 12.3. The molecule has 2 heterocycles. The van der Waals surface area contributed by atoms with E-state index in [9.17, 15) is 4.79 Å². The molecule has 1 amide bonds. The second kappa shape index (κ2) is 7.74. The molecule has 0 aliphatic heterocycles. The number of amides is 1. The molecule has 3 aromatic rings. The molecule has 3 N–H and O–H groups in total. The average molecular weight is 338 g/mol. The molecular weight excluding hydrogens is 316 g/mol. The van der Waals surface area contributed by atoms with E-state index in [1.165, 1.54) is 6.33 Å². The fourth-order valence-corrected chi connectivity index (χ4v) is 2.66. The molecular formula is C18H22N6O. The van der Waals surface area contributed by atoms with Gasteiger partial charge in [0.1, 0.15) is 18.2 Å². The maximum atomic E-state index is 12.6. The van der Waals surface area contributed by atoms with Gasteiger partial charge in [0.2, 0.25) is 5.91 Å². The lowest BCUT2D eigenvalue weighted by atomic mass is 10.0. The highest BCUT2D eigenvalue weighted by molar-refractivity contribution is 5.92. The summed E-state index contributed by atoms with van der Waals surface area (Å²) in [7, 11) is 0. The fraction of sp³-hybridized carbons (Fsp3) is 0.333. The molecule has 0 saturated heterocycles. The minimum atomic E-state index is -0.375. The molecule has 1 aromatic carbocycles. The highest BCUT2D eigenvalue weighted by Gasteiger charge is 2.23. The van der Waals surface area contributed by atoms with Gasteiger partial charge in [-0.3, -0.25) is 9.89 Å². The van der Waals surface area contributed by atoms with Crippen LogP contribution in [0.25, 0.3) is 10.9 Å². The van der Waals surface area contributed by atoms with E-state index in [1.807, 2.05) is 44.2 Å². The first kappa shape index (κ1) is 16.9. The molecule has 0 spiro atoms. The molecule has 25 heavy (non-hydrogen) atoms. The first-order valence-corrected chi connectivity index (χ1v) is 8.37. The smallest absolute Gasteiger partial charge is 0.242 e. The lowest BCUT2D eigenvalue weighted by Gasteiger charge is -2.22. The van der Waals surface area contributed by atoms with Gasteiger partial charge in [0.05, 0.1) is 5.52 Å². The highest BCUT2D eigenvalue weighted by atomic mass is 16.2. The Balaban J connectivity index is 1.68. The number of fused-ring (bicyclic) bond motifs is 1. The molecule has 0 fully saturated rings. The summed E-state index contributed by atoms with van der Waals surface area (Å²) in [5.74, 6) is 0.742. The number of hydrogen-bond acceptors (Lipinski definition) is 5. The zero-order valence-corrected chi connectivity index (χ0v) is 14.4. The third-order valence-electron chi connectivity index (χ3n) is 4.04. The van der Waals surface area contributed by atoms with Gasteiger partial charge in [-0.1, -0.05) is 26.0 Å². The van der Waals surface area contributed by atoms with Crippen molar-refractivity contribution in [2.75, 3.05) is 11.9 Å². The predicted molar refractivity (Wildman–Crippen MR) is 97.1 cm³/mol. The minimum Gasteiger partial charge on any atom is -0.358 e. The number of hydrogen-bond donors (Lipinski definition) is 3. The van der Waals surface area contributed by atoms with E-state index >= 15 is 0 Å². The van der Waals surface area contributed by atoms with Crippen LogP contribution in [0.5, 0.6) is 0 Å². The quantitative estimate of drug-likeness (QED) is 0.613. The largest absolute Gasteiger partial charge is 0.358 e. The monoisotopic (exact) mass is 338 g/mol. The van der Waals surface area contributed by atoms with E-state index < -0.39 is 0 Å². The summed E-state index contributed by atoms with van der Waals surface area (Å²) in [5.41, 5.74) is 1.85. The number of carbonyl (C=O) groups is 1. The Morgan fingerprint density at radius 3 is 2.80 bits per heavy atom. The lowest BCUT2D eigenvalue weighted by molar-refractivity contribution is -0.122. The first-order chi connectivity index (χ1) is 12.1. The summed E-state index contributed by atoms with van der Waals surface area (Å²) >= 11 is 0. The summed E-state index contributed by atoms with van der Waals surface area (Å²) < 4.78 is 0. The van der Waals surface area contributed by atoms with Crippen molar-refractivity contribution in [1.82, 2.24) is 25.5 Å². The van der Waals surface area contributed by atoms with E-state index in [4.69, 9.17) is 0 Å². The molecule has 0 bridgehead atoms. The second-order valence-electron chi connectivity index (χ2n) is 6.23. The molecule has 1 atom stereocenters. The summed E-state index contributed by atoms with van der Waals surface area (Å²) in [4.78, 5) is 21.2. The van der Waals surface area contributed by atoms with Crippen molar-refractivity contribution < 1.29 is 4.79 Å². The third kappa shape index (κ3) is 4.12. The Kier molecular flexibility index (Phi) is 5.23. The van der Waals surface area contributed by atoms with Crippen LogP contribution in [0.1, 0.15) is 19.5 Å². The van der Waals surface area contributed by atoms with Gasteiger partial charge in [-0.2, -0.15) is 5.10 Å². The van der Waals surface area contributed by atoms with E-state index in [2.05, 4.69) is 30.8 Å². The summed E-state index contributed by atoms with van der Waals surface area (Å²) in [6, 6.07) is 9.27. The van der Waals surface area contributed by atoms with Gasteiger partial charge >= 0.3 is 0 Å². The molecule has 7 heteroatoms. The van der Waals surface area contributed by atoms with Crippen LogP contribution in [0, 0.1) is 5.92 Å². The highest BCUT2D eigenvalue weighted by Crippen LogP contribution is 2.20. The Morgan fingerprint density at radius 1 is 1.20 bits per heavy atom. The summed E-state index contributed by atoms with van der Waals surface area (Å²) in [5, 5.41) is 14.0. The van der Waals surface area contributed by atoms with Gasteiger partial charge in [0.15, 0.2) is 0 Å². The van der Waals surface area contributed by atoms with Crippen molar-refractivity contribution in [3.63, 3.8) is 0 Å². The fourth-order valence-electron chi connectivity index (χ4n) is 2.66. The molecule has 1 unspecified atom stereocenters. The van der Waals surface area contributed by atoms with Gasteiger partial charge < -0.3 is 10.6 Å². The average Bonchev–Trinajstić information content (AvgIpc) is 3.12. The van der Waals surface area contributed by atoms with Crippen LogP contribution in [0.4, 0.5) is 5.82 Å². The van der Waals surface area contributed by atoms with Gasteiger partial charge in [0, 0.05) is 30.2 Å². The molecule has 130 valence electrons. The van der Waals surface area contributed by atoms with Crippen LogP contribution in [0.15, 0.2) is 42.9 Å². The number of nitrogens with one attached hydrogen (secondary N) is 3. The van der Waals surface area contributed by atoms with Crippen molar-refractivity contribution in [2.45, 2.75) is 26.3 Å². The maximum Gasteiger partial charge on any atom is 0.242 e. The van der Waals surface area contributed by atoms with Gasteiger partial charge in [-0.25, -0.2) is 9.97 Å². The van der Waals surface area contributed by atoms with Crippen LogP contribution in [0.3, 0.4) is 0 Å². The number of para-hydroxylation sites is 1. The molecule has 0 aliphatic carbocycles. The van der Waals surface area contributed by atoms with E-state index in [-0.39, 0.29) is 17.9 Å². The number of carbonyl (C=O) groups excluding carboxylic acids is 1. The SMILES string of the molecule is CC(C)C(Nc1ncnc2ccccc12)C(=O)NCCc1ccn[nH]1. The molecule has 0 aliphatic rings. The van der Waals surface area contributed by atoms with Gasteiger partial charge in [0.25, 0.3) is 0 Å². The van der Waals surface area contributed by atoms with Crippen molar-refractivity contribution in [1.29, 1.82) is 0 Å². The molecule has 0 saturated carbocycles. The summed E-state index contributed by atoms with van der Waals surface area (Å²) in [6.45, 7) is 4.57. The molecule has 7 nitrogen and oxygen atoms in total. The van der Waals surface area contributed by atoms with Crippen molar-refractivity contribution >= 4 is 22.6 Å². The molecule has 3 rings (SSSR count). The Hall–Kier alpha value is -2.96. The van der Waals surface area contributed by atoms with Gasteiger partial charge in [-0.05, 0) is 24.1 Å². The predicted octanol–water partition coefficient (Wildman–Crippen LogP) is 2.15. The first-order valence-electron chi connectivity index (χ1n) is 8.37. The van der Waals surface area contributed by atoms with Crippen LogP contribution in [0.2, 0.25) is 0 Å². The van der Waals surface area contributed by atoms with Crippen molar-refractivity contribution in [3.8, 4) is 0 Å². The second-order valence-corrected chi connectivity index (χ2v) is 6.23. The van der Waals surface area contributed by atoms with Crippen LogP contribution >= 0.6 is 0 Å². The number of anilines is 1. The van der Waals surface area contributed by atoms with E-state index in [0.717, 1.165) is 16.6 Å². The number of aromatic nitrogens is 4. The third-order valence-corrected chi connectivity index (χ3v) is 4.04. The molecule has 0 radical (unpaired) electrons. The Bertz CT molecular complexity index is 825. The molecule has 2 aromatic heterocycles. The number of rotatable bonds is 7. The van der Waals surface area contributed by atoms with E-state index in [1.54, 1.807) is 6.20 Å². The van der Waals surface area contributed by atoms with Crippen LogP contribution < -0.4 is 10.6 Å². The number of benzene rings is 1. The number of aromatic amines is 1. The maximum absolute atomic E-state index is 12.6. The Morgan fingerprint density at radius 2 is 2.04 bits per heavy atom. The minimum absolute atomic E-state index is 0.0443. The van der Waals surface area contributed by atoms with Crippen LogP contribution in [-0.2, 0) is 11.2 Å². The van der Waals surface area contributed by atoms with Crippen molar-refractivity contribution in [2.24, 2.45) is 5.92 Å². The number of nitrogens with zero attached hydrogens (tertiary/aromatic N) is 3. The zero-order chi connectivity index (χ0) is 17.6. The summed E-state index contributed by atoms with van der Waals surface area (Å²) in [6.07, 6.45) is 3.93. The zero-order valence-electron chi connectivity index (χ0n) is 14.4. The Labute approximate surface area is 146 Å². The van der Waals surface area contributed by atoms with Crippen LogP contribution in [-0.4, -0.2) is 38.7 Å². The topological polar surface area (TPSA) is 95.6 Å². The number of H-pyrrole nitrogens is 1.